The maximum Gasteiger partial charge on any atom is 0.0702 e. The highest BCUT2D eigenvalue weighted by Crippen LogP contribution is 1.98. The molecule has 0 amide bonds. The fourth-order valence-corrected chi connectivity index (χ4v) is 0.965. The van der Waals surface area contributed by atoms with Gasteiger partial charge in [0.2, 0.25) is 0 Å². The molecule has 3 heteroatoms. The Morgan fingerprint density at radius 3 is 2.33 bits per heavy atom. The van der Waals surface area contributed by atoms with Gasteiger partial charge in [0.05, 0.1) is 19.4 Å². The van der Waals surface area contributed by atoms with E-state index in [4.69, 9.17) is 10.5 Å². The SMILES string of the molecule is CC([NH])N1CCOCC1. The molecule has 1 heterocycles. The van der Waals surface area contributed by atoms with E-state index >= 15 is 0 Å². The van der Waals surface area contributed by atoms with E-state index in [9.17, 15) is 0 Å². The standard InChI is InChI=1S/C6H13N2O/c1-6(7)8-2-4-9-5-3-8/h6-7H,2-5H2,1H3. The van der Waals surface area contributed by atoms with E-state index < -0.39 is 0 Å². The lowest BCUT2D eigenvalue weighted by Crippen LogP contribution is -2.42. The molecule has 1 fully saturated rings. The van der Waals surface area contributed by atoms with Gasteiger partial charge in [-0.1, -0.05) is 0 Å². The molecule has 0 bridgehead atoms. The van der Waals surface area contributed by atoms with Crippen LogP contribution in [0.3, 0.4) is 0 Å². The summed E-state index contributed by atoms with van der Waals surface area (Å²) in [4.78, 5) is 2.10. The van der Waals surface area contributed by atoms with Gasteiger partial charge in [-0.3, -0.25) is 4.90 Å². The first-order chi connectivity index (χ1) is 4.30. The Labute approximate surface area is 55.8 Å². The van der Waals surface area contributed by atoms with Crippen molar-refractivity contribution in [2.24, 2.45) is 0 Å². The maximum absolute atomic E-state index is 7.34. The van der Waals surface area contributed by atoms with Gasteiger partial charge in [-0.2, -0.15) is 0 Å². The van der Waals surface area contributed by atoms with Crippen molar-refractivity contribution in [3.63, 3.8) is 0 Å². The van der Waals surface area contributed by atoms with E-state index in [2.05, 4.69) is 4.90 Å². The van der Waals surface area contributed by atoms with Gasteiger partial charge in [0.1, 0.15) is 0 Å². The molecule has 0 saturated carbocycles. The van der Waals surface area contributed by atoms with Gasteiger partial charge >= 0.3 is 0 Å². The minimum absolute atomic E-state index is 0.0612. The zero-order valence-corrected chi connectivity index (χ0v) is 5.76. The van der Waals surface area contributed by atoms with Crippen LogP contribution >= 0.6 is 0 Å². The van der Waals surface area contributed by atoms with Crippen molar-refractivity contribution in [1.29, 1.82) is 0 Å². The molecule has 1 atom stereocenters. The molecule has 1 N–H and O–H groups in total. The molecule has 1 aliphatic rings. The van der Waals surface area contributed by atoms with Crippen LogP contribution < -0.4 is 5.73 Å². The zero-order chi connectivity index (χ0) is 6.69. The molecule has 3 nitrogen and oxygen atoms in total. The van der Waals surface area contributed by atoms with Crippen molar-refractivity contribution in [2.45, 2.75) is 13.1 Å². The average Bonchev–Trinajstić information content (AvgIpc) is 1.90. The summed E-state index contributed by atoms with van der Waals surface area (Å²) in [7, 11) is 0. The van der Waals surface area contributed by atoms with E-state index in [1.54, 1.807) is 0 Å². The summed E-state index contributed by atoms with van der Waals surface area (Å²) in [5.41, 5.74) is 7.34. The number of nitrogens with zero attached hydrogens (tertiary/aromatic N) is 1. The second-order valence-electron chi connectivity index (χ2n) is 2.32. The minimum atomic E-state index is -0.0612. The Morgan fingerprint density at radius 2 is 2.00 bits per heavy atom. The second-order valence-corrected chi connectivity index (χ2v) is 2.32. The van der Waals surface area contributed by atoms with Gasteiger partial charge in [0, 0.05) is 13.1 Å². The average molecular weight is 129 g/mol. The topological polar surface area (TPSA) is 36.3 Å². The first kappa shape index (κ1) is 6.99. The van der Waals surface area contributed by atoms with E-state index in [0.29, 0.717) is 0 Å². The molecule has 1 radical (unpaired) electrons. The quantitative estimate of drug-likeness (QED) is 0.497. The molecule has 1 unspecified atom stereocenters. The third-order valence-corrected chi connectivity index (χ3v) is 1.59. The van der Waals surface area contributed by atoms with Crippen molar-refractivity contribution in [2.75, 3.05) is 26.3 Å². The number of rotatable bonds is 1. The van der Waals surface area contributed by atoms with E-state index in [1.165, 1.54) is 0 Å². The van der Waals surface area contributed by atoms with Crippen molar-refractivity contribution in [1.82, 2.24) is 10.6 Å². The summed E-state index contributed by atoms with van der Waals surface area (Å²) in [6.45, 7) is 5.33. The van der Waals surface area contributed by atoms with Crippen LogP contribution in [-0.4, -0.2) is 37.4 Å². The Hall–Kier alpha value is -0.120. The number of hydrogen-bond acceptors (Lipinski definition) is 2. The minimum Gasteiger partial charge on any atom is -0.379 e. The molecule has 0 spiro atoms. The number of ether oxygens (including phenoxy) is 1. The molecule has 0 aromatic carbocycles. The molecular weight excluding hydrogens is 116 g/mol. The van der Waals surface area contributed by atoms with E-state index in [-0.39, 0.29) is 6.17 Å². The largest absolute Gasteiger partial charge is 0.379 e. The number of hydrogen-bond donors (Lipinski definition) is 0. The van der Waals surface area contributed by atoms with Crippen LogP contribution in [0.25, 0.3) is 0 Å². The lowest BCUT2D eigenvalue weighted by atomic mass is 10.4. The first-order valence-corrected chi connectivity index (χ1v) is 3.33. The fraction of sp³-hybridized carbons (Fsp3) is 1.00. The van der Waals surface area contributed by atoms with Crippen molar-refractivity contribution >= 4 is 0 Å². The third kappa shape index (κ3) is 1.93. The van der Waals surface area contributed by atoms with Gasteiger partial charge in [0.15, 0.2) is 0 Å². The summed E-state index contributed by atoms with van der Waals surface area (Å²) in [5, 5.41) is 0. The summed E-state index contributed by atoms with van der Waals surface area (Å²) < 4.78 is 5.12. The van der Waals surface area contributed by atoms with Crippen molar-refractivity contribution in [3.8, 4) is 0 Å². The molecule has 0 aromatic rings. The molecule has 1 saturated heterocycles. The highest BCUT2D eigenvalue weighted by molar-refractivity contribution is 4.63. The summed E-state index contributed by atoms with van der Waals surface area (Å²) >= 11 is 0. The number of nitrogens with one attached hydrogen (secondary N) is 1. The lowest BCUT2D eigenvalue weighted by molar-refractivity contribution is 0.0200. The number of morpholine rings is 1. The van der Waals surface area contributed by atoms with E-state index in [0.717, 1.165) is 26.3 Å². The highest BCUT2D eigenvalue weighted by Gasteiger charge is 2.12. The van der Waals surface area contributed by atoms with Crippen LogP contribution in [0.1, 0.15) is 6.92 Å². The van der Waals surface area contributed by atoms with Gasteiger partial charge in [-0.25, -0.2) is 5.73 Å². The Balaban J connectivity index is 2.23. The Kier molecular flexibility index (Phi) is 2.45. The monoisotopic (exact) mass is 129 g/mol. The predicted molar refractivity (Wildman–Crippen MR) is 35.0 cm³/mol. The lowest BCUT2D eigenvalue weighted by Gasteiger charge is -2.28. The van der Waals surface area contributed by atoms with Gasteiger partial charge in [-0.05, 0) is 6.92 Å². The Morgan fingerprint density at radius 1 is 1.44 bits per heavy atom. The molecule has 53 valence electrons. The molecule has 0 aliphatic carbocycles. The molecular formula is C6H13N2O. The predicted octanol–water partition coefficient (Wildman–Crippen LogP) is -0.0525. The van der Waals surface area contributed by atoms with Crippen molar-refractivity contribution < 1.29 is 4.74 Å². The fourth-order valence-electron chi connectivity index (χ4n) is 0.965. The second kappa shape index (κ2) is 3.15. The molecule has 1 aliphatic heterocycles. The summed E-state index contributed by atoms with van der Waals surface area (Å²) in [6, 6.07) is 0. The van der Waals surface area contributed by atoms with Crippen LogP contribution in [0.5, 0.6) is 0 Å². The zero-order valence-electron chi connectivity index (χ0n) is 5.76. The van der Waals surface area contributed by atoms with E-state index in [1.807, 2.05) is 6.92 Å². The van der Waals surface area contributed by atoms with Crippen molar-refractivity contribution in [3.05, 3.63) is 0 Å². The molecule has 1 rings (SSSR count). The van der Waals surface area contributed by atoms with Crippen LogP contribution in [-0.2, 0) is 4.74 Å². The van der Waals surface area contributed by atoms with Crippen LogP contribution in [0, 0.1) is 0 Å². The summed E-state index contributed by atoms with van der Waals surface area (Å²) in [5.74, 6) is 0. The van der Waals surface area contributed by atoms with Crippen LogP contribution in [0.4, 0.5) is 0 Å². The highest BCUT2D eigenvalue weighted by atomic mass is 16.5. The molecule has 0 aromatic heterocycles. The third-order valence-electron chi connectivity index (χ3n) is 1.59. The summed E-state index contributed by atoms with van der Waals surface area (Å²) in [6.07, 6.45) is -0.0612. The molecule has 9 heavy (non-hydrogen) atoms. The van der Waals surface area contributed by atoms with Gasteiger partial charge in [-0.15, -0.1) is 0 Å². The normalized spacial score (nSPS) is 26.0. The van der Waals surface area contributed by atoms with Gasteiger partial charge in [0.25, 0.3) is 0 Å². The Bertz CT molecular complexity index is 79.1. The van der Waals surface area contributed by atoms with Crippen LogP contribution in [0.2, 0.25) is 0 Å². The van der Waals surface area contributed by atoms with Gasteiger partial charge < -0.3 is 4.74 Å². The maximum atomic E-state index is 7.34. The van der Waals surface area contributed by atoms with Crippen LogP contribution in [0.15, 0.2) is 0 Å². The smallest absolute Gasteiger partial charge is 0.0702 e. The first-order valence-electron chi connectivity index (χ1n) is 3.33.